The Kier molecular flexibility index (Phi) is 4.00. The van der Waals surface area contributed by atoms with Crippen LogP contribution < -0.4 is 4.74 Å². The molecule has 1 aromatic heterocycles. The molecule has 0 spiro atoms. The molecule has 1 heterocycles. The van der Waals surface area contributed by atoms with Crippen LogP contribution >= 0.6 is 11.3 Å². The molecule has 0 N–H and O–H groups in total. The summed E-state index contributed by atoms with van der Waals surface area (Å²) in [6, 6.07) is 5.74. The number of ether oxygens (including phenoxy) is 1. The summed E-state index contributed by atoms with van der Waals surface area (Å²) >= 11 is 1.48. The van der Waals surface area contributed by atoms with Gasteiger partial charge in [-0.1, -0.05) is 19.9 Å². The lowest BCUT2D eigenvalue weighted by Crippen LogP contribution is -2.06. The summed E-state index contributed by atoms with van der Waals surface area (Å²) in [4.78, 5) is 16.7. The van der Waals surface area contributed by atoms with E-state index in [0.29, 0.717) is 22.9 Å². The Labute approximate surface area is 117 Å². The Morgan fingerprint density at radius 3 is 2.63 bits per heavy atom. The summed E-state index contributed by atoms with van der Waals surface area (Å²) in [7, 11) is 1.58. The maximum atomic E-state index is 12.5. The smallest absolute Gasteiger partial charge is 0.215 e. The van der Waals surface area contributed by atoms with Crippen molar-refractivity contribution in [2.75, 3.05) is 7.11 Å². The molecule has 0 atom stereocenters. The number of aromatic nitrogens is 1. The summed E-state index contributed by atoms with van der Waals surface area (Å²) in [6.07, 6.45) is 0. The van der Waals surface area contributed by atoms with Crippen LogP contribution in [-0.4, -0.2) is 17.9 Å². The summed E-state index contributed by atoms with van der Waals surface area (Å²) in [5, 5.41) is 2.68. The third-order valence-electron chi connectivity index (χ3n) is 2.99. The Bertz CT molecular complexity index is 602. The molecule has 2 aromatic rings. The van der Waals surface area contributed by atoms with E-state index in [-0.39, 0.29) is 5.78 Å². The molecular weight excluding hydrogens is 258 g/mol. The minimum absolute atomic E-state index is 0.0799. The van der Waals surface area contributed by atoms with Gasteiger partial charge in [0.05, 0.1) is 17.7 Å². The number of nitrogens with zero attached hydrogens (tertiary/aromatic N) is 1. The first-order chi connectivity index (χ1) is 9.02. The van der Waals surface area contributed by atoms with Crippen molar-refractivity contribution in [2.45, 2.75) is 26.7 Å². The number of benzene rings is 1. The van der Waals surface area contributed by atoms with Crippen LogP contribution in [0.3, 0.4) is 0 Å². The molecule has 0 fully saturated rings. The molecule has 100 valence electrons. The summed E-state index contributed by atoms with van der Waals surface area (Å²) < 4.78 is 5.28. The van der Waals surface area contributed by atoms with Gasteiger partial charge in [-0.25, -0.2) is 4.98 Å². The normalized spacial score (nSPS) is 10.8. The molecule has 0 unspecified atom stereocenters. The zero-order valence-corrected chi connectivity index (χ0v) is 12.4. The highest BCUT2D eigenvalue weighted by Gasteiger charge is 2.18. The van der Waals surface area contributed by atoms with Gasteiger partial charge in [-0.15, -0.1) is 11.3 Å². The fourth-order valence-electron chi connectivity index (χ4n) is 1.87. The SMILES string of the molecule is COc1ccc(C(C)C)cc1C(=O)c1csc(C)n1. The van der Waals surface area contributed by atoms with Crippen LogP contribution in [0.2, 0.25) is 0 Å². The highest BCUT2D eigenvalue weighted by molar-refractivity contribution is 7.09. The van der Waals surface area contributed by atoms with Gasteiger partial charge in [-0.05, 0) is 30.5 Å². The maximum absolute atomic E-state index is 12.5. The Balaban J connectivity index is 2.47. The van der Waals surface area contributed by atoms with Gasteiger partial charge in [0.2, 0.25) is 5.78 Å². The van der Waals surface area contributed by atoms with Crippen molar-refractivity contribution in [1.82, 2.24) is 4.98 Å². The van der Waals surface area contributed by atoms with Crippen LogP contribution in [0.15, 0.2) is 23.6 Å². The lowest BCUT2D eigenvalue weighted by Gasteiger charge is -2.11. The van der Waals surface area contributed by atoms with Gasteiger partial charge < -0.3 is 4.74 Å². The fourth-order valence-corrected chi connectivity index (χ4v) is 2.46. The highest BCUT2D eigenvalue weighted by atomic mass is 32.1. The molecule has 0 aliphatic heterocycles. The molecular formula is C15H17NO2S. The van der Waals surface area contributed by atoms with Gasteiger partial charge in [-0.3, -0.25) is 4.79 Å². The van der Waals surface area contributed by atoms with Gasteiger partial charge >= 0.3 is 0 Å². The first kappa shape index (κ1) is 13.7. The van der Waals surface area contributed by atoms with E-state index in [0.717, 1.165) is 10.6 Å². The van der Waals surface area contributed by atoms with Crippen LogP contribution in [0.1, 0.15) is 46.4 Å². The minimum atomic E-state index is -0.0799. The molecule has 3 nitrogen and oxygen atoms in total. The molecule has 0 aliphatic rings. The van der Waals surface area contributed by atoms with Crippen molar-refractivity contribution < 1.29 is 9.53 Å². The second-order valence-electron chi connectivity index (χ2n) is 4.70. The van der Waals surface area contributed by atoms with Crippen molar-refractivity contribution in [2.24, 2.45) is 0 Å². The topological polar surface area (TPSA) is 39.2 Å². The number of carbonyl (C=O) groups excluding carboxylic acids is 1. The molecule has 1 aromatic carbocycles. The van der Waals surface area contributed by atoms with E-state index >= 15 is 0 Å². The molecule has 0 aliphatic carbocycles. The van der Waals surface area contributed by atoms with E-state index in [2.05, 4.69) is 18.8 Å². The van der Waals surface area contributed by atoms with E-state index in [1.165, 1.54) is 11.3 Å². The van der Waals surface area contributed by atoms with Crippen molar-refractivity contribution in [3.63, 3.8) is 0 Å². The number of hydrogen-bond acceptors (Lipinski definition) is 4. The van der Waals surface area contributed by atoms with E-state index < -0.39 is 0 Å². The molecule has 2 rings (SSSR count). The standard InChI is InChI=1S/C15H17NO2S/c1-9(2)11-5-6-14(18-4)12(7-11)15(17)13-8-19-10(3)16-13/h5-9H,1-4H3. The van der Waals surface area contributed by atoms with Crippen LogP contribution in [0.5, 0.6) is 5.75 Å². The van der Waals surface area contributed by atoms with Crippen molar-refractivity contribution in [1.29, 1.82) is 0 Å². The number of carbonyl (C=O) groups is 1. The minimum Gasteiger partial charge on any atom is -0.496 e. The fraction of sp³-hybridized carbons (Fsp3) is 0.333. The number of methoxy groups -OCH3 is 1. The Morgan fingerprint density at radius 2 is 2.11 bits per heavy atom. The lowest BCUT2D eigenvalue weighted by molar-refractivity contribution is 0.103. The van der Waals surface area contributed by atoms with E-state index in [1.807, 2.05) is 25.1 Å². The number of hydrogen-bond donors (Lipinski definition) is 0. The first-order valence-corrected chi connectivity index (χ1v) is 7.05. The van der Waals surface area contributed by atoms with Crippen LogP contribution in [-0.2, 0) is 0 Å². The largest absolute Gasteiger partial charge is 0.496 e. The predicted molar refractivity (Wildman–Crippen MR) is 77.4 cm³/mol. The van der Waals surface area contributed by atoms with Crippen molar-refractivity contribution in [3.8, 4) is 5.75 Å². The second kappa shape index (κ2) is 5.53. The summed E-state index contributed by atoms with van der Waals surface area (Å²) in [5.74, 6) is 0.887. The summed E-state index contributed by atoms with van der Waals surface area (Å²) in [6.45, 7) is 6.09. The number of ketones is 1. The Hall–Kier alpha value is -1.68. The van der Waals surface area contributed by atoms with E-state index in [9.17, 15) is 4.79 Å². The first-order valence-electron chi connectivity index (χ1n) is 6.17. The molecule has 0 radical (unpaired) electrons. The third-order valence-corrected chi connectivity index (χ3v) is 3.76. The average Bonchev–Trinajstić information content (AvgIpc) is 2.83. The van der Waals surface area contributed by atoms with Crippen molar-refractivity contribution in [3.05, 3.63) is 45.4 Å². The number of rotatable bonds is 4. The van der Waals surface area contributed by atoms with Gasteiger partial charge in [0.15, 0.2) is 0 Å². The third kappa shape index (κ3) is 2.84. The zero-order chi connectivity index (χ0) is 14.0. The molecule has 0 saturated carbocycles. The van der Waals surface area contributed by atoms with Gasteiger partial charge in [0.25, 0.3) is 0 Å². The summed E-state index contributed by atoms with van der Waals surface area (Å²) in [5.41, 5.74) is 2.19. The van der Waals surface area contributed by atoms with E-state index in [4.69, 9.17) is 4.74 Å². The van der Waals surface area contributed by atoms with Crippen LogP contribution in [0.25, 0.3) is 0 Å². The number of aryl methyl sites for hydroxylation is 1. The van der Waals surface area contributed by atoms with Crippen LogP contribution in [0.4, 0.5) is 0 Å². The maximum Gasteiger partial charge on any atom is 0.215 e. The number of thiazole rings is 1. The van der Waals surface area contributed by atoms with Crippen LogP contribution in [0, 0.1) is 6.92 Å². The average molecular weight is 275 g/mol. The molecule has 0 saturated heterocycles. The van der Waals surface area contributed by atoms with Crippen molar-refractivity contribution >= 4 is 17.1 Å². The molecule has 0 amide bonds. The Morgan fingerprint density at radius 1 is 1.37 bits per heavy atom. The van der Waals surface area contributed by atoms with Gasteiger partial charge in [-0.2, -0.15) is 0 Å². The molecule has 4 heteroatoms. The van der Waals surface area contributed by atoms with Gasteiger partial charge in [0.1, 0.15) is 11.4 Å². The second-order valence-corrected chi connectivity index (χ2v) is 5.76. The van der Waals surface area contributed by atoms with E-state index in [1.54, 1.807) is 12.5 Å². The molecule has 19 heavy (non-hydrogen) atoms. The molecule has 0 bridgehead atoms. The van der Waals surface area contributed by atoms with Gasteiger partial charge in [0, 0.05) is 5.38 Å². The monoisotopic (exact) mass is 275 g/mol. The highest BCUT2D eigenvalue weighted by Crippen LogP contribution is 2.26. The zero-order valence-electron chi connectivity index (χ0n) is 11.6. The quantitative estimate of drug-likeness (QED) is 0.796. The predicted octanol–water partition coefficient (Wildman–Crippen LogP) is 3.81. The lowest BCUT2D eigenvalue weighted by atomic mass is 9.98.